The third kappa shape index (κ3) is 4.01. The van der Waals surface area contributed by atoms with Crippen LogP contribution in [0.25, 0.3) is 0 Å². The van der Waals surface area contributed by atoms with Crippen molar-refractivity contribution in [1.29, 1.82) is 0 Å². The SMILES string of the molecule is C#CCCC1(CCC(=O)N2CCCC(S(=O)(=O)N3CCc4ccccc43)C2)N=N1. The molecule has 0 bridgehead atoms. The van der Waals surface area contributed by atoms with Crippen LogP contribution in [-0.2, 0) is 21.2 Å². The first-order chi connectivity index (χ1) is 14.0. The molecule has 0 spiro atoms. The van der Waals surface area contributed by atoms with Gasteiger partial charge in [0.2, 0.25) is 15.9 Å². The summed E-state index contributed by atoms with van der Waals surface area (Å²) in [5.74, 6) is 2.56. The molecule has 4 rings (SSSR count). The Morgan fingerprint density at radius 3 is 2.79 bits per heavy atom. The lowest BCUT2D eigenvalue weighted by molar-refractivity contribution is -0.132. The van der Waals surface area contributed by atoms with Crippen molar-refractivity contribution in [3.63, 3.8) is 0 Å². The number of fused-ring (bicyclic) bond motifs is 1. The summed E-state index contributed by atoms with van der Waals surface area (Å²) in [6, 6.07) is 7.65. The molecule has 0 saturated carbocycles. The number of carbonyl (C=O) groups is 1. The summed E-state index contributed by atoms with van der Waals surface area (Å²) in [5.41, 5.74) is 1.36. The molecule has 154 valence electrons. The van der Waals surface area contributed by atoms with Crippen LogP contribution in [-0.4, -0.2) is 49.8 Å². The minimum absolute atomic E-state index is 0.0240. The van der Waals surface area contributed by atoms with Crippen molar-refractivity contribution in [2.75, 3.05) is 23.9 Å². The van der Waals surface area contributed by atoms with E-state index in [1.54, 1.807) is 4.90 Å². The van der Waals surface area contributed by atoms with Gasteiger partial charge in [0.1, 0.15) is 0 Å². The van der Waals surface area contributed by atoms with Gasteiger partial charge in [-0.2, -0.15) is 10.2 Å². The standard InChI is InChI=1S/C21H26N4O3S/c1-2-3-12-21(22-23-21)13-10-20(26)24-14-6-8-18(16-24)29(27,28)25-15-11-17-7-4-5-9-19(17)25/h1,4-5,7,9,18H,3,6,8,10-16H2. The smallest absolute Gasteiger partial charge is 0.239 e. The summed E-state index contributed by atoms with van der Waals surface area (Å²) < 4.78 is 28.1. The van der Waals surface area contributed by atoms with Gasteiger partial charge in [0.25, 0.3) is 0 Å². The van der Waals surface area contributed by atoms with Crippen LogP contribution in [0.5, 0.6) is 0 Å². The van der Waals surface area contributed by atoms with E-state index < -0.39 is 20.9 Å². The number of piperidine rings is 1. The van der Waals surface area contributed by atoms with Gasteiger partial charge in [0.05, 0.1) is 10.9 Å². The van der Waals surface area contributed by atoms with E-state index >= 15 is 0 Å². The van der Waals surface area contributed by atoms with E-state index in [-0.39, 0.29) is 12.5 Å². The van der Waals surface area contributed by atoms with Gasteiger partial charge in [-0.15, -0.1) is 12.3 Å². The van der Waals surface area contributed by atoms with Gasteiger partial charge in [0, 0.05) is 45.3 Å². The van der Waals surface area contributed by atoms with Crippen molar-refractivity contribution in [2.45, 2.75) is 55.9 Å². The number of terminal acetylenes is 1. The quantitative estimate of drug-likeness (QED) is 0.643. The number of amides is 1. The number of rotatable bonds is 7. The Bertz CT molecular complexity index is 960. The first-order valence-electron chi connectivity index (χ1n) is 10.2. The first kappa shape index (κ1) is 19.9. The number of anilines is 1. The van der Waals surface area contributed by atoms with Crippen molar-refractivity contribution in [3.8, 4) is 12.3 Å². The molecule has 1 saturated heterocycles. The molecule has 1 atom stereocenters. The second-order valence-electron chi connectivity index (χ2n) is 7.99. The van der Waals surface area contributed by atoms with Crippen LogP contribution in [0.2, 0.25) is 0 Å². The molecule has 0 aliphatic carbocycles. The lowest BCUT2D eigenvalue weighted by atomic mass is 10.0. The molecular formula is C21H26N4O3S. The van der Waals surface area contributed by atoms with Crippen molar-refractivity contribution in [2.24, 2.45) is 10.2 Å². The summed E-state index contributed by atoms with van der Waals surface area (Å²) in [7, 11) is -3.50. The fourth-order valence-electron chi connectivity index (χ4n) is 4.29. The molecule has 29 heavy (non-hydrogen) atoms. The van der Waals surface area contributed by atoms with E-state index in [2.05, 4.69) is 16.1 Å². The van der Waals surface area contributed by atoms with E-state index in [1.807, 2.05) is 24.3 Å². The molecule has 3 aliphatic rings. The van der Waals surface area contributed by atoms with Crippen molar-refractivity contribution < 1.29 is 13.2 Å². The van der Waals surface area contributed by atoms with Gasteiger partial charge >= 0.3 is 0 Å². The van der Waals surface area contributed by atoms with E-state index in [0.29, 0.717) is 51.6 Å². The molecule has 3 heterocycles. The lowest BCUT2D eigenvalue weighted by Gasteiger charge is -2.35. The minimum atomic E-state index is -3.50. The topological polar surface area (TPSA) is 82.4 Å². The van der Waals surface area contributed by atoms with Crippen molar-refractivity contribution in [3.05, 3.63) is 29.8 Å². The van der Waals surface area contributed by atoms with Crippen LogP contribution in [0, 0.1) is 12.3 Å². The van der Waals surface area contributed by atoms with E-state index in [0.717, 1.165) is 17.7 Å². The average Bonchev–Trinajstić information content (AvgIpc) is 3.38. The molecule has 1 amide bonds. The second-order valence-corrected chi connectivity index (χ2v) is 10.1. The number of carbonyl (C=O) groups excluding carboxylic acids is 1. The summed E-state index contributed by atoms with van der Waals surface area (Å²) in [6.07, 6.45) is 9.43. The molecule has 0 radical (unpaired) electrons. The monoisotopic (exact) mass is 414 g/mol. The second kappa shape index (κ2) is 7.79. The molecule has 8 heteroatoms. The fourth-order valence-corrected chi connectivity index (χ4v) is 6.28. The Labute approximate surface area is 172 Å². The Kier molecular flexibility index (Phi) is 5.34. The minimum Gasteiger partial charge on any atom is -0.341 e. The van der Waals surface area contributed by atoms with E-state index in [9.17, 15) is 13.2 Å². The van der Waals surface area contributed by atoms with Crippen LogP contribution in [0.1, 0.15) is 44.1 Å². The molecule has 7 nitrogen and oxygen atoms in total. The first-order valence-corrected chi connectivity index (χ1v) is 11.7. The Morgan fingerprint density at radius 2 is 2.03 bits per heavy atom. The highest BCUT2D eigenvalue weighted by Crippen LogP contribution is 2.38. The molecule has 0 aromatic heterocycles. The maximum atomic E-state index is 13.3. The van der Waals surface area contributed by atoms with Gasteiger partial charge in [-0.25, -0.2) is 8.42 Å². The zero-order valence-electron chi connectivity index (χ0n) is 16.5. The van der Waals surface area contributed by atoms with E-state index in [4.69, 9.17) is 6.42 Å². The van der Waals surface area contributed by atoms with Crippen LogP contribution >= 0.6 is 0 Å². The predicted molar refractivity (Wildman–Crippen MR) is 111 cm³/mol. The van der Waals surface area contributed by atoms with Crippen LogP contribution in [0.3, 0.4) is 0 Å². The summed E-state index contributed by atoms with van der Waals surface area (Å²) >= 11 is 0. The number of sulfonamides is 1. The maximum Gasteiger partial charge on any atom is 0.239 e. The fraction of sp³-hybridized carbons (Fsp3) is 0.571. The molecule has 1 unspecified atom stereocenters. The van der Waals surface area contributed by atoms with Gasteiger partial charge in [0.15, 0.2) is 5.66 Å². The van der Waals surface area contributed by atoms with Crippen LogP contribution < -0.4 is 4.31 Å². The van der Waals surface area contributed by atoms with Gasteiger partial charge < -0.3 is 4.90 Å². The molecule has 1 aromatic rings. The summed E-state index contributed by atoms with van der Waals surface area (Å²) in [4.78, 5) is 14.4. The summed E-state index contributed by atoms with van der Waals surface area (Å²) in [5, 5.41) is 7.59. The number of likely N-dealkylation sites (tertiary alicyclic amines) is 1. The number of nitrogens with zero attached hydrogens (tertiary/aromatic N) is 4. The van der Waals surface area contributed by atoms with Gasteiger partial charge in [-0.3, -0.25) is 9.10 Å². The molecular weight excluding hydrogens is 388 g/mol. The van der Waals surface area contributed by atoms with Crippen molar-refractivity contribution >= 4 is 21.6 Å². The van der Waals surface area contributed by atoms with E-state index in [1.165, 1.54) is 4.31 Å². The molecule has 3 aliphatic heterocycles. The summed E-state index contributed by atoms with van der Waals surface area (Å²) in [6.45, 7) is 1.34. The molecule has 0 N–H and O–H groups in total. The maximum absolute atomic E-state index is 13.3. The normalized spacial score (nSPS) is 22.2. The highest BCUT2D eigenvalue weighted by molar-refractivity contribution is 7.93. The largest absolute Gasteiger partial charge is 0.341 e. The van der Waals surface area contributed by atoms with Crippen molar-refractivity contribution in [1.82, 2.24) is 4.90 Å². The Hall–Kier alpha value is -2.40. The van der Waals surface area contributed by atoms with Gasteiger partial charge in [-0.1, -0.05) is 18.2 Å². The number of benzene rings is 1. The molecule has 1 aromatic carbocycles. The highest BCUT2D eigenvalue weighted by Gasteiger charge is 2.41. The van der Waals surface area contributed by atoms with Crippen LogP contribution in [0.15, 0.2) is 34.5 Å². The molecule has 1 fully saturated rings. The lowest BCUT2D eigenvalue weighted by Crippen LogP contribution is -2.49. The number of hydrogen-bond acceptors (Lipinski definition) is 5. The number of para-hydroxylation sites is 1. The van der Waals surface area contributed by atoms with Crippen LogP contribution in [0.4, 0.5) is 5.69 Å². The number of hydrogen-bond donors (Lipinski definition) is 0. The van der Waals surface area contributed by atoms with Gasteiger partial charge in [-0.05, 0) is 30.9 Å². The zero-order chi connectivity index (χ0) is 20.5. The predicted octanol–water partition coefficient (Wildman–Crippen LogP) is 2.73. The highest BCUT2D eigenvalue weighted by atomic mass is 32.2. The Morgan fingerprint density at radius 1 is 1.24 bits per heavy atom. The average molecular weight is 415 g/mol. The third-order valence-electron chi connectivity index (χ3n) is 6.10. The third-order valence-corrected chi connectivity index (χ3v) is 8.32. The zero-order valence-corrected chi connectivity index (χ0v) is 17.3. The Balaban J connectivity index is 1.38.